The van der Waals surface area contributed by atoms with Crippen LogP contribution in [0.2, 0.25) is 5.02 Å². The lowest BCUT2D eigenvalue weighted by Crippen LogP contribution is -2.20. The molecule has 0 aliphatic carbocycles. The zero-order valence-corrected chi connectivity index (χ0v) is 14.6. The van der Waals surface area contributed by atoms with Gasteiger partial charge in [0.25, 0.3) is 0 Å². The van der Waals surface area contributed by atoms with Gasteiger partial charge >= 0.3 is 12.0 Å². The first kappa shape index (κ1) is 19.2. The van der Waals surface area contributed by atoms with E-state index >= 15 is 0 Å². The zero-order valence-electron chi connectivity index (χ0n) is 13.9. The van der Waals surface area contributed by atoms with Crippen LogP contribution < -0.4 is 15.8 Å². The molecule has 0 aliphatic heterocycles. The lowest BCUT2D eigenvalue weighted by molar-refractivity contribution is 0.0597. The molecule has 2 aromatic carbocycles. The van der Waals surface area contributed by atoms with Crippen LogP contribution in [0.15, 0.2) is 41.4 Å². The van der Waals surface area contributed by atoms with E-state index in [1.165, 1.54) is 44.6 Å². The molecule has 0 heterocycles. The van der Waals surface area contributed by atoms with Crippen LogP contribution in [-0.2, 0) is 4.74 Å². The van der Waals surface area contributed by atoms with Gasteiger partial charge in [0.05, 0.1) is 24.8 Å². The third-order valence-corrected chi connectivity index (χ3v) is 3.61. The van der Waals surface area contributed by atoms with E-state index in [-0.39, 0.29) is 33.4 Å². The van der Waals surface area contributed by atoms with Crippen molar-refractivity contribution in [2.45, 2.75) is 0 Å². The summed E-state index contributed by atoms with van der Waals surface area (Å²) in [6, 6.07) is 7.42. The second-order valence-electron chi connectivity index (χ2n) is 4.93. The second-order valence-corrected chi connectivity index (χ2v) is 5.34. The fourth-order valence-electron chi connectivity index (χ4n) is 2.11. The topological polar surface area (TPSA) is 103 Å². The van der Waals surface area contributed by atoms with Crippen LogP contribution in [0.1, 0.15) is 15.9 Å². The van der Waals surface area contributed by atoms with Gasteiger partial charge in [-0.2, -0.15) is 4.99 Å². The summed E-state index contributed by atoms with van der Waals surface area (Å²) in [7, 11) is 2.61. The number of amides is 2. The van der Waals surface area contributed by atoms with Crippen molar-refractivity contribution in [2.75, 3.05) is 19.5 Å². The molecule has 26 heavy (non-hydrogen) atoms. The summed E-state index contributed by atoms with van der Waals surface area (Å²) in [6.45, 7) is 0. The van der Waals surface area contributed by atoms with Crippen LogP contribution in [-0.4, -0.2) is 32.1 Å². The van der Waals surface area contributed by atoms with Crippen LogP contribution in [0.3, 0.4) is 0 Å². The van der Waals surface area contributed by atoms with E-state index in [1.54, 1.807) is 0 Å². The molecule has 0 bridgehead atoms. The lowest BCUT2D eigenvalue weighted by atomic mass is 10.1. The fraction of sp³-hybridized carbons (Fsp3) is 0.118. The van der Waals surface area contributed by atoms with Gasteiger partial charge in [-0.15, -0.1) is 0 Å². The first-order chi connectivity index (χ1) is 12.4. The molecule has 2 rings (SSSR count). The quantitative estimate of drug-likeness (QED) is 0.482. The smallest absolute Gasteiger partial charge is 0.347 e. The highest BCUT2D eigenvalue weighted by Crippen LogP contribution is 2.24. The van der Waals surface area contributed by atoms with E-state index < -0.39 is 17.8 Å². The summed E-state index contributed by atoms with van der Waals surface area (Å²) in [5.41, 5.74) is 5.85. The average molecular weight is 380 g/mol. The first-order valence-electron chi connectivity index (χ1n) is 7.23. The van der Waals surface area contributed by atoms with Crippen molar-refractivity contribution in [3.8, 4) is 5.75 Å². The summed E-state index contributed by atoms with van der Waals surface area (Å²) in [4.78, 5) is 27.4. The van der Waals surface area contributed by atoms with Crippen molar-refractivity contribution < 1.29 is 23.5 Å². The summed E-state index contributed by atoms with van der Waals surface area (Å²) < 4.78 is 23.5. The molecule has 0 aliphatic rings. The Bertz CT molecular complexity index is 866. The number of carbonyl (C=O) groups excluding carboxylic acids is 2. The number of benzene rings is 2. The maximum absolute atomic E-state index is 13.8. The van der Waals surface area contributed by atoms with Crippen LogP contribution in [0.25, 0.3) is 0 Å². The van der Waals surface area contributed by atoms with Crippen molar-refractivity contribution in [2.24, 2.45) is 10.7 Å². The molecule has 0 spiro atoms. The number of nitrogens with one attached hydrogen (secondary N) is 1. The van der Waals surface area contributed by atoms with Crippen molar-refractivity contribution in [3.05, 3.63) is 58.4 Å². The SMILES string of the molecule is COC(=O)c1cc(NC(=O)/N=C(\N)c2c(F)cccc2Cl)ccc1OC. The van der Waals surface area contributed by atoms with Gasteiger partial charge < -0.3 is 20.5 Å². The number of nitrogens with zero attached hydrogens (tertiary/aromatic N) is 1. The molecule has 0 radical (unpaired) electrons. The molecule has 0 saturated heterocycles. The van der Waals surface area contributed by atoms with Gasteiger partial charge in [-0.25, -0.2) is 14.0 Å². The monoisotopic (exact) mass is 379 g/mol. The standard InChI is InChI=1S/C17H15ClFN3O4/c1-25-13-7-6-9(8-10(13)16(23)26-2)21-17(24)22-15(20)14-11(18)4-3-5-12(14)19/h3-8H,1-2H3,(H3,20,21,22,24). The lowest BCUT2D eigenvalue weighted by Gasteiger charge is -2.10. The van der Waals surface area contributed by atoms with E-state index in [0.717, 1.165) is 6.07 Å². The van der Waals surface area contributed by atoms with Gasteiger partial charge in [0.15, 0.2) is 0 Å². The van der Waals surface area contributed by atoms with Crippen molar-refractivity contribution in [3.63, 3.8) is 0 Å². The minimum absolute atomic E-state index is 0.0245. The van der Waals surface area contributed by atoms with Crippen LogP contribution >= 0.6 is 11.6 Å². The van der Waals surface area contributed by atoms with Crippen molar-refractivity contribution in [1.82, 2.24) is 0 Å². The molecule has 0 saturated carbocycles. The number of ether oxygens (including phenoxy) is 2. The maximum atomic E-state index is 13.8. The Morgan fingerprint density at radius 2 is 1.96 bits per heavy atom. The number of amidine groups is 1. The number of hydrogen-bond acceptors (Lipinski definition) is 4. The Morgan fingerprint density at radius 1 is 1.23 bits per heavy atom. The molecule has 0 aromatic heterocycles. The Hall–Kier alpha value is -3.13. The Labute approximate surface area is 153 Å². The van der Waals surface area contributed by atoms with Crippen molar-refractivity contribution in [1.29, 1.82) is 0 Å². The highest BCUT2D eigenvalue weighted by molar-refractivity contribution is 6.34. The average Bonchev–Trinajstić information content (AvgIpc) is 2.60. The Kier molecular flexibility index (Phi) is 6.13. The minimum Gasteiger partial charge on any atom is -0.496 e. The third-order valence-electron chi connectivity index (χ3n) is 3.30. The summed E-state index contributed by atoms with van der Waals surface area (Å²) in [5.74, 6) is -1.45. The highest BCUT2D eigenvalue weighted by Gasteiger charge is 2.15. The zero-order chi connectivity index (χ0) is 19.3. The molecule has 3 N–H and O–H groups in total. The van der Waals surface area contributed by atoms with Gasteiger partial charge in [-0.05, 0) is 30.3 Å². The summed E-state index contributed by atoms with van der Waals surface area (Å²) in [6.07, 6.45) is 0. The van der Waals surface area contributed by atoms with Crippen LogP contribution in [0, 0.1) is 5.82 Å². The van der Waals surface area contributed by atoms with Gasteiger partial charge in [-0.1, -0.05) is 17.7 Å². The van der Waals surface area contributed by atoms with E-state index in [2.05, 4.69) is 15.0 Å². The molecular formula is C17H15ClFN3O4. The Morgan fingerprint density at radius 3 is 2.58 bits per heavy atom. The number of urea groups is 1. The number of methoxy groups -OCH3 is 2. The maximum Gasteiger partial charge on any atom is 0.347 e. The molecule has 136 valence electrons. The number of rotatable bonds is 4. The predicted molar refractivity (Wildman–Crippen MR) is 95.5 cm³/mol. The highest BCUT2D eigenvalue weighted by atomic mass is 35.5. The number of esters is 1. The van der Waals surface area contributed by atoms with E-state index in [4.69, 9.17) is 22.1 Å². The number of carbonyl (C=O) groups is 2. The number of anilines is 1. The van der Waals surface area contributed by atoms with Gasteiger partial charge in [0, 0.05) is 5.69 Å². The van der Waals surface area contributed by atoms with Crippen LogP contribution in [0.5, 0.6) is 5.75 Å². The summed E-state index contributed by atoms with van der Waals surface area (Å²) in [5, 5.41) is 2.44. The molecular weight excluding hydrogens is 365 g/mol. The third kappa shape index (κ3) is 4.28. The molecule has 0 atom stereocenters. The summed E-state index contributed by atoms with van der Waals surface area (Å²) >= 11 is 5.88. The van der Waals surface area contributed by atoms with E-state index in [1.807, 2.05) is 0 Å². The minimum atomic E-state index is -0.872. The molecule has 7 nitrogen and oxygen atoms in total. The van der Waals surface area contributed by atoms with Gasteiger partial charge in [-0.3, -0.25) is 0 Å². The van der Waals surface area contributed by atoms with Gasteiger partial charge in [0.1, 0.15) is 23.0 Å². The Balaban J connectivity index is 2.26. The number of nitrogens with two attached hydrogens (primary N) is 1. The van der Waals surface area contributed by atoms with E-state index in [0.29, 0.717) is 0 Å². The molecule has 0 fully saturated rings. The predicted octanol–water partition coefficient (Wildman–Crippen LogP) is 3.21. The first-order valence-corrected chi connectivity index (χ1v) is 7.61. The van der Waals surface area contributed by atoms with Crippen LogP contribution in [0.4, 0.5) is 14.9 Å². The largest absolute Gasteiger partial charge is 0.496 e. The second kappa shape index (κ2) is 8.30. The number of hydrogen-bond donors (Lipinski definition) is 2. The fourth-order valence-corrected chi connectivity index (χ4v) is 2.37. The number of aliphatic imine (C=N–C) groups is 1. The van der Waals surface area contributed by atoms with E-state index in [9.17, 15) is 14.0 Å². The molecule has 2 aromatic rings. The van der Waals surface area contributed by atoms with Crippen molar-refractivity contribution >= 4 is 35.1 Å². The molecule has 0 unspecified atom stereocenters. The van der Waals surface area contributed by atoms with Gasteiger partial charge in [0.2, 0.25) is 0 Å². The number of halogens is 2. The molecule has 9 heteroatoms. The normalized spacial score (nSPS) is 11.0. The molecule has 2 amide bonds.